The summed E-state index contributed by atoms with van der Waals surface area (Å²) in [4.78, 5) is 22.5. The first kappa shape index (κ1) is 11.1. The second-order valence-corrected chi connectivity index (χ2v) is 3.77. The molecule has 86 valence electrons. The first-order valence-electron chi connectivity index (χ1n) is 5.11. The number of aromatic carboxylic acids is 1. The van der Waals surface area contributed by atoms with Gasteiger partial charge in [0, 0.05) is 18.0 Å². The molecule has 0 aliphatic rings. The van der Waals surface area contributed by atoms with Gasteiger partial charge in [0.1, 0.15) is 0 Å². The van der Waals surface area contributed by atoms with Crippen LogP contribution in [0.5, 0.6) is 0 Å². The van der Waals surface area contributed by atoms with Crippen molar-refractivity contribution in [3.8, 4) is 5.69 Å². The van der Waals surface area contributed by atoms with Crippen molar-refractivity contribution >= 4 is 5.97 Å². The number of aromatic nitrogens is 1. The van der Waals surface area contributed by atoms with Crippen LogP contribution in [0.3, 0.4) is 0 Å². The Bertz CT molecular complexity index is 629. The van der Waals surface area contributed by atoms with E-state index in [1.807, 2.05) is 25.1 Å². The highest BCUT2D eigenvalue weighted by Gasteiger charge is 2.06. The standard InChI is InChI=1S/C13H11NO3/c1-9-3-2-4-11(7-9)14-8-10(13(16)17)5-6-12(14)15/h2-8H,1H3,(H,16,17). The van der Waals surface area contributed by atoms with Crippen LogP contribution in [0.2, 0.25) is 0 Å². The van der Waals surface area contributed by atoms with E-state index in [4.69, 9.17) is 5.11 Å². The van der Waals surface area contributed by atoms with E-state index in [2.05, 4.69) is 0 Å². The van der Waals surface area contributed by atoms with Crippen LogP contribution < -0.4 is 5.56 Å². The molecule has 1 N–H and O–H groups in total. The zero-order valence-corrected chi connectivity index (χ0v) is 9.25. The number of benzene rings is 1. The predicted octanol–water partition coefficient (Wildman–Crippen LogP) is 1.84. The molecule has 0 amide bonds. The number of nitrogens with zero attached hydrogens (tertiary/aromatic N) is 1. The molecule has 1 heterocycles. The molecular weight excluding hydrogens is 218 g/mol. The lowest BCUT2D eigenvalue weighted by Gasteiger charge is -2.07. The second kappa shape index (κ2) is 4.25. The van der Waals surface area contributed by atoms with E-state index >= 15 is 0 Å². The van der Waals surface area contributed by atoms with Crippen LogP contribution in [0.15, 0.2) is 47.4 Å². The van der Waals surface area contributed by atoms with Crippen molar-refractivity contribution in [2.75, 3.05) is 0 Å². The molecule has 2 rings (SSSR count). The van der Waals surface area contributed by atoms with Gasteiger partial charge in [0.05, 0.1) is 5.56 Å². The van der Waals surface area contributed by atoms with Gasteiger partial charge in [0.15, 0.2) is 0 Å². The smallest absolute Gasteiger partial charge is 0.337 e. The monoisotopic (exact) mass is 229 g/mol. The third kappa shape index (κ3) is 2.25. The molecule has 0 saturated heterocycles. The maximum atomic E-state index is 11.7. The summed E-state index contributed by atoms with van der Waals surface area (Å²) in [6.07, 6.45) is 1.33. The SMILES string of the molecule is Cc1cccc(-n2cc(C(=O)O)ccc2=O)c1. The van der Waals surface area contributed by atoms with Gasteiger partial charge in [-0.05, 0) is 30.7 Å². The minimum atomic E-state index is -1.05. The molecule has 4 heteroatoms. The van der Waals surface area contributed by atoms with E-state index in [0.717, 1.165) is 5.56 Å². The molecule has 0 aliphatic carbocycles. The van der Waals surface area contributed by atoms with Gasteiger partial charge in [-0.1, -0.05) is 12.1 Å². The maximum absolute atomic E-state index is 11.7. The van der Waals surface area contributed by atoms with Gasteiger partial charge in [0.2, 0.25) is 0 Å². The minimum Gasteiger partial charge on any atom is -0.478 e. The van der Waals surface area contributed by atoms with Gasteiger partial charge in [-0.3, -0.25) is 9.36 Å². The molecule has 0 atom stereocenters. The molecule has 0 spiro atoms. The Morgan fingerprint density at radius 1 is 1.24 bits per heavy atom. The van der Waals surface area contributed by atoms with E-state index in [1.54, 1.807) is 6.07 Å². The molecule has 0 bridgehead atoms. The summed E-state index contributed by atoms with van der Waals surface area (Å²) in [6, 6.07) is 9.88. The summed E-state index contributed by atoms with van der Waals surface area (Å²) in [5.41, 5.74) is 1.51. The zero-order chi connectivity index (χ0) is 12.4. The van der Waals surface area contributed by atoms with Gasteiger partial charge < -0.3 is 5.11 Å². The Labute approximate surface area is 97.8 Å². The van der Waals surface area contributed by atoms with Gasteiger partial charge >= 0.3 is 5.97 Å². The highest BCUT2D eigenvalue weighted by Crippen LogP contribution is 2.08. The molecule has 2 aromatic rings. The van der Waals surface area contributed by atoms with Crippen LogP contribution >= 0.6 is 0 Å². The van der Waals surface area contributed by atoms with Crippen LogP contribution in [-0.2, 0) is 0 Å². The predicted molar refractivity (Wildman–Crippen MR) is 63.7 cm³/mol. The fraction of sp³-hybridized carbons (Fsp3) is 0.0769. The van der Waals surface area contributed by atoms with Crippen molar-refractivity contribution in [2.24, 2.45) is 0 Å². The summed E-state index contributed by atoms with van der Waals surface area (Å²) < 4.78 is 1.33. The average Bonchev–Trinajstić information content (AvgIpc) is 2.29. The molecule has 0 aliphatic heterocycles. The van der Waals surface area contributed by atoms with E-state index in [9.17, 15) is 9.59 Å². The Morgan fingerprint density at radius 2 is 2.00 bits per heavy atom. The van der Waals surface area contributed by atoms with E-state index in [1.165, 1.54) is 22.9 Å². The molecule has 0 saturated carbocycles. The summed E-state index contributed by atoms with van der Waals surface area (Å²) in [6.45, 7) is 1.91. The molecule has 0 radical (unpaired) electrons. The quantitative estimate of drug-likeness (QED) is 0.854. The Kier molecular flexibility index (Phi) is 2.78. The van der Waals surface area contributed by atoms with Crippen molar-refractivity contribution in [2.45, 2.75) is 6.92 Å². The van der Waals surface area contributed by atoms with E-state index in [-0.39, 0.29) is 11.1 Å². The summed E-state index contributed by atoms with van der Waals surface area (Å²) in [7, 11) is 0. The summed E-state index contributed by atoms with van der Waals surface area (Å²) in [5.74, 6) is -1.05. The number of carboxylic acids is 1. The van der Waals surface area contributed by atoms with E-state index < -0.39 is 5.97 Å². The second-order valence-electron chi connectivity index (χ2n) is 3.77. The fourth-order valence-corrected chi connectivity index (χ4v) is 1.59. The third-order valence-corrected chi connectivity index (χ3v) is 2.44. The maximum Gasteiger partial charge on any atom is 0.337 e. The lowest BCUT2D eigenvalue weighted by atomic mass is 10.2. The van der Waals surface area contributed by atoms with Crippen molar-refractivity contribution in [3.05, 3.63) is 64.1 Å². The van der Waals surface area contributed by atoms with E-state index in [0.29, 0.717) is 5.69 Å². The highest BCUT2D eigenvalue weighted by atomic mass is 16.4. The number of hydrogen-bond donors (Lipinski definition) is 1. The number of pyridine rings is 1. The van der Waals surface area contributed by atoms with Gasteiger partial charge in [0.25, 0.3) is 5.56 Å². The summed E-state index contributed by atoms with van der Waals surface area (Å²) in [5, 5.41) is 8.89. The average molecular weight is 229 g/mol. The van der Waals surface area contributed by atoms with Crippen LogP contribution in [0, 0.1) is 6.92 Å². The fourth-order valence-electron chi connectivity index (χ4n) is 1.59. The number of aryl methyl sites for hydroxylation is 1. The molecule has 4 nitrogen and oxygen atoms in total. The van der Waals surface area contributed by atoms with Crippen LogP contribution in [-0.4, -0.2) is 15.6 Å². The Hall–Kier alpha value is -2.36. The molecule has 0 unspecified atom stereocenters. The number of rotatable bonds is 2. The normalized spacial score (nSPS) is 10.2. The lowest BCUT2D eigenvalue weighted by molar-refractivity contribution is 0.0696. The summed E-state index contributed by atoms with van der Waals surface area (Å²) >= 11 is 0. The first-order chi connectivity index (χ1) is 8.08. The van der Waals surface area contributed by atoms with Crippen molar-refractivity contribution < 1.29 is 9.90 Å². The van der Waals surface area contributed by atoms with Gasteiger partial charge in [-0.25, -0.2) is 4.79 Å². The van der Waals surface area contributed by atoms with Gasteiger partial charge in [-0.2, -0.15) is 0 Å². The zero-order valence-electron chi connectivity index (χ0n) is 9.25. The molecule has 17 heavy (non-hydrogen) atoms. The third-order valence-electron chi connectivity index (χ3n) is 2.44. The molecular formula is C13H11NO3. The number of carbonyl (C=O) groups is 1. The first-order valence-corrected chi connectivity index (χ1v) is 5.11. The van der Waals surface area contributed by atoms with Gasteiger partial charge in [-0.15, -0.1) is 0 Å². The topological polar surface area (TPSA) is 59.3 Å². The Morgan fingerprint density at radius 3 is 2.65 bits per heavy atom. The van der Waals surface area contributed by atoms with Crippen molar-refractivity contribution in [1.82, 2.24) is 4.57 Å². The van der Waals surface area contributed by atoms with Crippen molar-refractivity contribution in [1.29, 1.82) is 0 Å². The van der Waals surface area contributed by atoms with Crippen LogP contribution in [0.4, 0.5) is 0 Å². The molecule has 1 aromatic carbocycles. The van der Waals surface area contributed by atoms with Crippen molar-refractivity contribution in [3.63, 3.8) is 0 Å². The van der Waals surface area contributed by atoms with Crippen LogP contribution in [0.25, 0.3) is 5.69 Å². The lowest BCUT2D eigenvalue weighted by Crippen LogP contribution is -2.18. The largest absolute Gasteiger partial charge is 0.478 e. The minimum absolute atomic E-state index is 0.0890. The number of carboxylic acid groups (broad SMARTS) is 1. The van der Waals surface area contributed by atoms with Crippen LogP contribution in [0.1, 0.15) is 15.9 Å². The number of hydrogen-bond acceptors (Lipinski definition) is 2. The Balaban J connectivity index is 2.62. The highest BCUT2D eigenvalue weighted by molar-refractivity contribution is 5.87. The molecule has 0 fully saturated rings. The molecule has 1 aromatic heterocycles.